The van der Waals surface area contributed by atoms with Crippen LogP contribution < -0.4 is 4.72 Å². The van der Waals surface area contributed by atoms with Crippen molar-refractivity contribution in [1.29, 1.82) is 0 Å². The predicted molar refractivity (Wildman–Crippen MR) is 106 cm³/mol. The van der Waals surface area contributed by atoms with Crippen LogP contribution in [0.25, 0.3) is 0 Å². The van der Waals surface area contributed by atoms with Gasteiger partial charge >= 0.3 is 0 Å². The van der Waals surface area contributed by atoms with Gasteiger partial charge in [0, 0.05) is 32.4 Å². The minimum absolute atomic E-state index is 0.0318. The van der Waals surface area contributed by atoms with E-state index < -0.39 is 19.9 Å². The van der Waals surface area contributed by atoms with Crippen molar-refractivity contribution in [2.45, 2.75) is 22.9 Å². The van der Waals surface area contributed by atoms with Gasteiger partial charge < -0.3 is 4.74 Å². The van der Waals surface area contributed by atoms with Crippen molar-refractivity contribution in [3.05, 3.63) is 59.7 Å². The second kappa shape index (κ2) is 8.71. The summed E-state index contributed by atoms with van der Waals surface area (Å²) in [5.41, 5.74) is 1.98. The molecule has 0 amide bonds. The minimum Gasteiger partial charge on any atom is -0.379 e. The molecule has 3 rings (SSSR count). The molecule has 28 heavy (non-hydrogen) atoms. The zero-order chi connectivity index (χ0) is 20.2. The molecule has 1 aliphatic heterocycles. The molecule has 2 aromatic rings. The Kier molecular flexibility index (Phi) is 6.51. The zero-order valence-corrected chi connectivity index (χ0v) is 17.3. The van der Waals surface area contributed by atoms with Gasteiger partial charge in [0.2, 0.25) is 10.0 Å². The van der Waals surface area contributed by atoms with E-state index in [2.05, 4.69) is 9.62 Å². The molecule has 1 saturated heterocycles. The van der Waals surface area contributed by atoms with Gasteiger partial charge in [-0.05, 0) is 35.4 Å². The topological polar surface area (TPSA) is 92.8 Å². The van der Waals surface area contributed by atoms with Gasteiger partial charge in [-0.3, -0.25) is 4.90 Å². The van der Waals surface area contributed by atoms with Crippen LogP contribution in [0.5, 0.6) is 0 Å². The molecule has 1 heterocycles. The molecule has 1 N–H and O–H groups in total. The third-order valence-corrected chi connectivity index (χ3v) is 7.08. The minimum atomic E-state index is -3.73. The highest BCUT2D eigenvalue weighted by Crippen LogP contribution is 2.15. The molecule has 1 aliphatic rings. The number of benzene rings is 2. The lowest BCUT2D eigenvalue weighted by atomic mass is 10.1. The largest absolute Gasteiger partial charge is 0.379 e. The van der Waals surface area contributed by atoms with Crippen LogP contribution in [-0.4, -0.2) is 54.3 Å². The van der Waals surface area contributed by atoms with E-state index in [9.17, 15) is 16.8 Å². The Labute approximate surface area is 166 Å². The van der Waals surface area contributed by atoms with Gasteiger partial charge in [-0.25, -0.2) is 21.6 Å². The number of nitrogens with zero attached hydrogens (tertiary/aromatic N) is 1. The summed E-state index contributed by atoms with van der Waals surface area (Å²) in [5.74, 6) is 0. The Morgan fingerprint density at radius 3 is 2.18 bits per heavy atom. The van der Waals surface area contributed by atoms with Crippen molar-refractivity contribution in [3.63, 3.8) is 0 Å². The smallest absolute Gasteiger partial charge is 0.240 e. The molecular formula is C19H24N2O5S2. The second-order valence-electron chi connectivity index (χ2n) is 6.78. The number of sulfone groups is 1. The average molecular weight is 425 g/mol. The van der Waals surface area contributed by atoms with Gasteiger partial charge in [0.15, 0.2) is 9.84 Å². The molecule has 9 heteroatoms. The van der Waals surface area contributed by atoms with Crippen LogP contribution in [0.3, 0.4) is 0 Å². The normalized spacial score (nSPS) is 16.2. The maximum atomic E-state index is 12.5. The summed E-state index contributed by atoms with van der Waals surface area (Å²) in [6.45, 7) is 4.21. The van der Waals surface area contributed by atoms with Crippen LogP contribution in [0.2, 0.25) is 0 Å². The van der Waals surface area contributed by atoms with Crippen LogP contribution in [0.4, 0.5) is 0 Å². The van der Waals surface area contributed by atoms with E-state index in [4.69, 9.17) is 4.74 Å². The van der Waals surface area contributed by atoms with Crippen LogP contribution in [0, 0.1) is 0 Å². The van der Waals surface area contributed by atoms with E-state index in [0.29, 0.717) is 0 Å². The first-order chi connectivity index (χ1) is 13.2. The van der Waals surface area contributed by atoms with E-state index in [1.807, 2.05) is 24.3 Å². The fourth-order valence-electron chi connectivity index (χ4n) is 2.98. The Hall–Kier alpha value is -1.78. The highest BCUT2D eigenvalue weighted by Gasteiger charge is 2.16. The van der Waals surface area contributed by atoms with Gasteiger partial charge in [0.25, 0.3) is 0 Å². The molecule has 7 nitrogen and oxygen atoms in total. The number of sulfonamides is 1. The number of rotatable bonds is 7. The maximum absolute atomic E-state index is 12.5. The van der Waals surface area contributed by atoms with Crippen molar-refractivity contribution < 1.29 is 21.6 Å². The van der Waals surface area contributed by atoms with Crippen LogP contribution in [0.1, 0.15) is 11.1 Å². The molecule has 152 valence electrons. The predicted octanol–water partition coefficient (Wildman–Crippen LogP) is 1.40. The lowest BCUT2D eigenvalue weighted by Gasteiger charge is -2.26. The third-order valence-electron chi connectivity index (χ3n) is 4.53. The summed E-state index contributed by atoms with van der Waals surface area (Å²) in [6.07, 6.45) is 1.08. The molecule has 0 unspecified atom stereocenters. The molecule has 0 aromatic heterocycles. The molecule has 0 spiro atoms. The Bertz CT molecular complexity index is 1010. The molecular weight excluding hydrogens is 400 g/mol. The summed E-state index contributed by atoms with van der Waals surface area (Å²) in [6, 6.07) is 13.0. The summed E-state index contributed by atoms with van der Waals surface area (Å²) >= 11 is 0. The Morgan fingerprint density at radius 2 is 1.54 bits per heavy atom. The van der Waals surface area contributed by atoms with E-state index in [1.165, 1.54) is 24.3 Å². The van der Waals surface area contributed by atoms with Crippen molar-refractivity contribution in [3.8, 4) is 0 Å². The van der Waals surface area contributed by atoms with Gasteiger partial charge in [-0.1, -0.05) is 24.3 Å². The van der Waals surface area contributed by atoms with Crippen molar-refractivity contribution in [2.75, 3.05) is 32.6 Å². The molecule has 0 saturated carbocycles. The number of hydrogen-bond donors (Lipinski definition) is 1. The molecule has 2 aromatic carbocycles. The molecule has 0 radical (unpaired) electrons. The van der Waals surface area contributed by atoms with Gasteiger partial charge in [-0.15, -0.1) is 0 Å². The summed E-state index contributed by atoms with van der Waals surface area (Å²) in [7, 11) is -7.10. The van der Waals surface area contributed by atoms with E-state index in [0.717, 1.165) is 50.2 Å². The third kappa shape index (κ3) is 5.62. The number of ether oxygens (including phenoxy) is 1. The molecule has 0 atom stereocenters. The zero-order valence-electron chi connectivity index (χ0n) is 15.7. The first-order valence-electron chi connectivity index (χ1n) is 8.92. The van der Waals surface area contributed by atoms with Crippen molar-refractivity contribution in [2.24, 2.45) is 0 Å². The fraction of sp³-hybridized carbons (Fsp3) is 0.368. The van der Waals surface area contributed by atoms with E-state index >= 15 is 0 Å². The summed E-state index contributed by atoms with van der Waals surface area (Å²) in [4.78, 5) is 2.42. The summed E-state index contributed by atoms with van der Waals surface area (Å²) < 4.78 is 55.9. The maximum Gasteiger partial charge on any atom is 0.240 e. The lowest BCUT2D eigenvalue weighted by Crippen LogP contribution is -2.35. The number of nitrogens with one attached hydrogen (secondary N) is 1. The number of morpholine rings is 1. The van der Waals surface area contributed by atoms with Crippen LogP contribution >= 0.6 is 0 Å². The van der Waals surface area contributed by atoms with Crippen LogP contribution in [0.15, 0.2) is 58.3 Å². The standard InChI is InChI=1S/C19H24N2O5S2/c1-27(22,23)18-5-7-19(8-6-18)28(24,25)20-14-16-3-2-4-17(13-16)15-21-9-11-26-12-10-21/h2-8,13,20H,9-12,14-15H2,1H3. The van der Waals surface area contributed by atoms with Crippen molar-refractivity contribution in [1.82, 2.24) is 9.62 Å². The van der Waals surface area contributed by atoms with E-state index in [-0.39, 0.29) is 16.3 Å². The molecule has 1 fully saturated rings. The van der Waals surface area contributed by atoms with Crippen LogP contribution in [-0.2, 0) is 37.7 Å². The fourth-order valence-corrected chi connectivity index (χ4v) is 4.63. The van der Waals surface area contributed by atoms with Gasteiger partial charge in [-0.2, -0.15) is 0 Å². The summed E-state index contributed by atoms with van der Waals surface area (Å²) in [5, 5.41) is 0. The highest BCUT2D eigenvalue weighted by molar-refractivity contribution is 7.90. The first kappa shape index (κ1) is 20.9. The second-order valence-corrected chi connectivity index (χ2v) is 10.6. The van der Waals surface area contributed by atoms with E-state index in [1.54, 1.807) is 0 Å². The number of hydrogen-bond acceptors (Lipinski definition) is 6. The monoisotopic (exact) mass is 424 g/mol. The SMILES string of the molecule is CS(=O)(=O)c1ccc(S(=O)(=O)NCc2cccc(CN3CCOCC3)c2)cc1. The Balaban J connectivity index is 1.64. The highest BCUT2D eigenvalue weighted by atomic mass is 32.2. The first-order valence-corrected chi connectivity index (χ1v) is 12.3. The van der Waals surface area contributed by atoms with Gasteiger partial charge in [0.05, 0.1) is 23.0 Å². The molecule has 0 bridgehead atoms. The molecule has 0 aliphatic carbocycles. The van der Waals surface area contributed by atoms with Gasteiger partial charge in [0.1, 0.15) is 0 Å². The van der Waals surface area contributed by atoms with Crippen molar-refractivity contribution >= 4 is 19.9 Å². The Morgan fingerprint density at radius 1 is 0.929 bits per heavy atom. The average Bonchev–Trinajstić information content (AvgIpc) is 2.67. The lowest BCUT2D eigenvalue weighted by molar-refractivity contribution is 0.0342. The quantitative estimate of drug-likeness (QED) is 0.722.